The summed E-state index contributed by atoms with van der Waals surface area (Å²) in [4.78, 5) is 1.25. The maximum Gasteiger partial charge on any atom is 0.497 e. The molecule has 2 atom stereocenters. The third kappa shape index (κ3) is 3.12. The van der Waals surface area contributed by atoms with Gasteiger partial charge in [-0.2, -0.15) is 0 Å². The maximum atomic E-state index is 12.6. The Morgan fingerprint density at radius 2 is 1.48 bits per heavy atom. The minimum Gasteiger partial charge on any atom is -0.399 e. The molecule has 0 saturated carbocycles. The van der Waals surface area contributed by atoms with Crippen LogP contribution in [0.25, 0.3) is 10.8 Å². The second-order valence-corrected chi connectivity index (χ2v) is 10.00. The lowest BCUT2D eigenvalue weighted by Crippen LogP contribution is -2.41. The molecule has 4 nitrogen and oxygen atoms in total. The van der Waals surface area contributed by atoms with E-state index < -0.39 is 39.9 Å². The highest BCUT2D eigenvalue weighted by Crippen LogP contribution is 2.38. The first kappa shape index (κ1) is 18.8. The Kier molecular flexibility index (Phi) is 4.73. The van der Waals surface area contributed by atoms with Crippen molar-refractivity contribution < 1.29 is 17.7 Å². The molecule has 7 heteroatoms. The molecule has 1 heterocycles. The van der Waals surface area contributed by atoms with Gasteiger partial charge in [0, 0.05) is 38.6 Å². The van der Waals surface area contributed by atoms with E-state index in [4.69, 9.17) is 9.31 Å². The number of fused-ring (bicyclic) bond motifs is 1. The predicted molar refractivity (Wildman–Crippen MR) is 104 cm³/mol. The van der Waals surface area contributed by atoms with Crippen molar-refractivity contribution in [3.8, 4) is 0 Å². The molecule has 3 rings (SSSR count). The van der Waals surface area contributed by atoms with E-state index in [0.717, 1.165) is 10.8 Å². The van der Waals surface area contributed by atoms with Gasteiger partial charge in [-0.15, -0.1) is 0 Å². The fourth-order valence-corrected chi connectivity index (χ4v) is 4.91. The molecule has 0 amide bonds. The molecule has 1 aliphatic heterocycles. The SMILES string of the molecule is CS(=O)c1cc2ccccc2c(S(C)=O)c1B1OC(C)(C)C(C)(C)O1. The minimum atomic E-state index is -1.28. The molecule has 2 aromatic rings. The number of hydrogen-bond donors (Lipinski definition) is 0. The predicted octanol–water partition coefficient (Wildman–Crippen LogP) is 2.61. The van der Waals surface area contributed by atoms with E-state index in [2.05, 4.69) is 0 Å². The van der Waals surface area contributed by atoms with Gasteiger partial charge < -0.3 is 9.31 Å². The molecule has 0 aliphatic carbocycles. The molecular weight excluding hydrogens is 355 g/mol. The summed E-state index contributed by atoms with van der Waals surface area (Å²) in [6.07, 6.45) is 3.26. The molecule has 1 aliphatic rings. The van der Waals surface area contributed by atoms with Crippen LogP contribution in [-0.2, 0) is 30.9 Å². The summed E-state index contributed by atoms with van der Waals surface area (Å²) in [7, 11) is -3.25. The smallest absolute Gasteiger partial charge is 0.399 e. The molecule has 0 N–H and O–H groups in total. The first-order valence-corrected chi connectivity index (χ1v) is 11.2. The Balaban J connectivity index is 2.33. The van der Waals surface area contributed by atoms with Gasteiger partial charge in [0.25, 0.3) is 0 Å². The van der Waals surface area contributed by atoms with Crippen LogP contribution in [0.4, 0.5) is 0 Å². The van der Waals surface area contributed by atoms with Crippen molar-refractivity contribution in [2.45, 2.75) is 48.7 Å². The van der Waals surface area contributed by atoms with Crippen molar-refractivity contribution in [2.75, 3.05) is 12.5 Å². The van der Waals surface area contributed by atoms with Crippen molar-refractivity contribution in [3.05, 3.63) is 30.3 Å². The van der Waals surface area contributed by atoms with E-state index in [1.807, 2.05) is 58.0 Å². The third-order valence-corrected chi connectivity index (χ3v) is 7.06. The first-order chi connectivity index (χ1) is 11.5. The molecule has 1 fully saturated rings. The summed E-state index contributed by atoms with van der Waals surface area (Å²) >= 11 is 0. The average Bonchev–Trinajstić information content (AvgIpc) is 2.72. The van der Waals surface area contributed by atoms with E-state index in [0.29, 0.717) is 15.3 Å². The van der Waals surface area contributed by atoms with Crippen LogP contribution in [-0.4, -0.2) is 39.2 Å². The van der Waals surface area contributed by atoms with Gasteiger partial charge in [-0.25, -0.2) is 0 Å². The molecule has 0 radical (unpaired) electrons. The van der Waals surface area contributed by atoms with Crippen LogP contribution < -0.4 is 5.46 Å². The Bertz CT molecular complexity index is 876. The monoisotopic (exact) mass is 378 g/mol. The highest BCUT2D eigenvalue weighted by Gasteiger charge is 2.53. The van der Waals surface area contributed by atoms with Gasteiger partial charge in [0.05, 0.1) is 22.0 Å². The molecule has 0 spiro atoms. The Morgan fingerprint density at radius 1 is 0.920 bits per heavy atom. The van der Waals surface area contributed by atoms with Gasteiger partial charge >= 0.3 is 7.12 Å². The van der Waals surface area contributed by atoms with E-state index >= 15 is 0 Å². The zero-order valence-electron chi connectivity index (χ0n) is 15.4. The normalized spacial score (nSPS) is 21.4. The zero-order valence-corrected chi connectivity index (χ0v) is 17.0. The van der Waals surface area contributed by atoms with Crippen LogP contribution in [0.3, 0.4) is 0 Å². The van der Waals surface area contributed by atoms with Gasteiger partial charge in [0.2, 0.25) is 0 Å². The highest BCUT2D eigenvalue weighted by molar-refractivity contribution is 7.85. The van der Waals surface area contributed by atoms with Gasteiger partial charge in [0.1, 0.15) is 0 Å². The summed E-state index contributed by atoms with van der Waals surface area (Å²) in [5.41, 5.74) is -0.413. The molecule has 25 heavy (non-hydrogen) atoms. The van der Waals surface area contributed by atoms with Gasteiger partial charge in [0.15, 0.2) is 0 Å². The lowest BCUT2D eigenvalue weighted by Gasteiger charge is -2.32. The highest BCUT2D eigenvalue weighted by atomic mass is 32.2. The lowest BCUT2D eigenvalue weighted by atomic mass is 9.78. The summed E-state index contributed by atoms with van der Waals surface area (Å²) < 4.78 is 37.5. The van der Waals surface area contributed by atoms with Crippen molar-refractivity contribution >= 4 is 45.0 Å². The summed E-state index contributed by atoms with van der Waals surface area (Å²) in [5, 5.41) is 1.79. The van der Waals surface area contributed by atoms with E-state index in [1.165, 1.54) is 0 Å². The second-order valence-electron chi connectivity index (χ2n) is 7.34. The van der Waals surface area contributed by atoms with Crippen molar-refractivity contribution in [1.29, 1.82) is 0 Å². The second kappa shape index (κ2) is 6.30. The summed E-state index contributed by atoms with van der Waals surface area (Å²) in [5.74, 6) is 0. The molecule has 1 saturated heterocycles. The molecule has 134 valence electrons. The Hall–Kier alpha value is -1.02. The standard InChI is InChI=1S/C18H23BO4S2/c1-17(2)18(3,4)23-19(22-17)15-14(24(5)20)11-12-9-7-8-10-13(12)16(15)25(6)21/h7-11H,1-6H3. The van der Waals surface area contributed by atoms with Crippen LogP contribution in [0.1, 0.15) is 27.7 Å². The topological polar surface area (TPSA) is 52.6 Å². The van der Waals surface area contributed by atoms with Gasteiger partial charge in [-0.05, 0) is 44.5 Å². The average molecular weight is 378 g/mol. The van der Waals surface area contributed by atoms with Gasteiger partial charge in [-0.1, -0.05) is 24.3 Å². The van der Waals surface area contributed by atoms with Crippen molar-refractivity contribution in [2.24, 2.45) is 0 Å². The van der Waals surface area contributed by atoms with E-state index in [-0.39, 0.29) is 0 Å². The fourth-order valence-electron chi connectivity index (χ4n) is 3.04. The van der Waals surface area contributed by atoms with Crippen LogP contribution in [0, 0.1) is 0 Å². The summed E-state index contributed by atoms with van der Waals surface area (Å²) in [6.45, 7) is 7.89. The molecular formula is C18H23BO4S2. The zero-order chi connectivity index (χ0) is 18.6. The molecule has 0 bridgehead atoms. The Labute approximate surface area is 154 Å². The number of benzene rings is 2. The largest absolute Gasteiger partial charge is 0.497 e. The van der Waals surface area contributed by atoms with Crippen molar-refractivity contribution in [3.63, 3.8) is 0 Å². The van der Waals surface area contributed by atoms with Crippen LogP contribution in [0.15, 0.2) is 40.1 Å². The van der Waals surface area contributed by atoms with Crippen LogP contribution in [0.2, 0.25) is 0 Å². The summed E-state index contributed by atoms with van der Waals surface area (Å²) in [6, 6.07) is 9.60. The number of hydrogen-bond acceptors (Lipinski definition) is 4. The van der Waals surface area contributed by atoms with E-state index in [9.17, 15) is 8.42 Å². The number of rotatable bonds is 3. The molecule has 0 aromatic heterocycles. The Morgan fingerprint density at radius 3 is 2.00 bits per heavy atom. The molecule has 2 unspecified atom stereocenters. The lowest BCUT2D eigenvalue weighted by molar-refractivity contribution is 0.00578. The van der Waals surface area contributed by atoms with Crippen molar-refractivity contribution in [1.82, 2.24) is 0 Å². The molecule has 2 aromatic carbocycles. The minimum absolute atomic E-state index is 0.525. The first-order valence-electron chi connectivity index (χ1n) is 8.13. The van der Waals surface area contributed by atoms with E-state index in [1.54, 1.807) is 12.5 Å². The fraction of sp³-hybridized carbons (Fsp3) is 0.444. The quantitative estimate of drug-likeness (QED) is 0.771. The van der Waals surface area contributed by atoms with Crippen LogP contribution >= 0.6 is 0 Å². The van der Waals surface area contributed by atoms with Crippen LogP contribution in [0.5, 0.6) is 0 Å². The third-order valence-electron chi connectivity index (χ3n) is 5.09. The van der Waals surface area contributed by atoms with Gasteiger partial charge in [-0.3, -0.25) is 8.42 Å². The maximum absolute atomic E-state index is 12.6.